The van der Waals surface area contributed by atoms with Gasteiger partial charge >= 0.3 is 12.6 Å². The first-order valence-corrected chi connectivity index (χ1v) is 6.30. The van der Waals surface area contributed by atoms with Gasteiger partial charge in [-0.3, -0.25) is 4.79 Å². The van der Waals surface area contributed by atoms with E-state index < -0.39 is 12.6 Å². The number of hydrogen-bond donors (Lipinski definition) is 0. The largest absolute Gasteiger partial charge is 0.469 e. The fourth-order valence-corrected chi connectivity index (χ4v) is 2.10. The first-order valence-electron chi connectivity index (χ1n) is 5.18. The monoisotopic (exact) mass is 322 g/mol. The van der Waals surface area contributed by atoms with E-state index in [1.807, 2.05) is 0 Å². The molecule has 0 N–H and O–H groups in total. The normalized spacial score (nSPS) is 10.6. The number of carbonyl (C=O) groups is 1. The van der Waals surface area contributed by atoms with Gasteiger partial charge in [0.15, 0.2) is 0 Å². The Morgan fingerprint density at radius 1 is 1.39 bits per heavy atom. The van der Waals surface area contributed by atoms with Crippen LogP contribution in [-0.2, 0) is 21.3 Å². The number of methoxy groups -OCH3 is 1. The van der Waals surface area contributed by atoms with E-state index in [9.17, 15) is 13.6 Å². The van der Waals surface area contributed by atoms with Gasteiger partial charge in [-0.2, -0.15) is 8.78 Å². The third kappa shape index (κ3) is 3.94. The summed E-state index contributed by atoms with van der Waals surface area (Å²) in [6.45, 7) is -1.13. The number of rotatable bonds is 5. The van der Waals surface area contributed by atoms with Crippen molar-refractivity contribution in [1.29, 1.82) is 0 Å². The lowest BCUT2D eigenvalue weighted by Crippen LogP contribution is -2.10. The summed E-state index contributed by atoms with van der Waals surface area (Å²) in [6.07, 6.45) is -0.0984. The van der Waals surface area contributed by atoms with E-state index in [1.54, 1.807) is 13.0 Å². The average Bonchev–Trinajstić information content (AvgIpc) is 2.31. The molecule has 0 aliphatic heterocycles. The standard InChI is InChI=1S/C12H13BrF2O3/c1-7-3-10(18-12(14)15)8(4-9(7)6-13)5-11(16)17-2/h3-4,12H,5-6H2,1-2H3. The molecule has 1 aromatic rings. The van der Waals surface area contributed by atoms with Crippen molar-refractivity contribution >= 4 is 21.9 Å². The summed E-state index contributed by atoms with van der Waals surface area (Å²) < 4.78 is 33.5. The topological polar surface area (TPSA) is 35.5 Å². The predicted octanol–water partition coefficient (Wildman–Crippen LogP) is 3.21. The zero-order chi connectivity index (χ0) is 13.7. The van der Waals surface area contributed by atoms with Gasteiger partial charge in [-0.15, -0.1) is 0 Å². The lowest BCUT2D eigenvalue weighted by Gasteiger charge is -2.13. The Hall–Kier alpha value is -1.17. The van der Waals surface area contributed by atoms with Crippen molar-refractivity contribution < 1.29 is 23.0 Å². The van der Waals surface area contributed by atoms with Crippen LogP contribution in [0.2, 0.25) is 0 Å². The Morgan fingerprint density at radius 3 is 2.56 bits per heavy atom. The van der Waals surface area contributed by atoms with Crippen LogP contribution in [0.5, 0.6) is 5.75 Å². The molecule has 0 heterocycles. The first-order chi connectivity index (χ1) is 8.47. The molecule has 0 radical (unpaired) electrons. The number of benzene rings is 1. The van der Waals surface area contributed by atoms with Gasteiger partial charge in [0.1, 0.15) is 5.75 Å². The molecular formula is C12H13BrF2O3. The van der Waals surface area contributed by atoms with Gasteiger partial charge in [-0.25, -0.2) is 0 Å². The van der Waals surface area contributed by atoms with Crippen molar-refractivity contribution in [3.8, 4) is 5.75 Å². The molecular weight excluding hydrogens is 310 g/mol. The van der Waals surface area contributed by atoms with Gasteiger partial charge in [0, 0.05) is 10.9 Å². The molecule has 0 saturated carbocycles. The lowest BCUT2D eigenvalue weighted by molar-refractivity contribution is -0.139. The van der Waals surface area contributed by atoms with Crippen molar-refractivity contribution in [3.05, 3.63) is 28.8 Å². The molecule has 0 unspecified atom stereocenters. The molecule has 0 aliphatic rings. The summed E-state index contributed by atoms with van der Waals surface area (Å²) in [5, 5.41) is 0.571. The van der Waals surface area contributed by atoms with Gasteiger partial charge in [0.2, 0.25) is 0 Å². The first kappa shape index (κ1) is 14.9. The van der Waals surface area contributed by atoms with Crippen LogP contribution in [0.25, 0.3) is 0 Å². The SMILES string of the molecule is COC(=O)Cc1cc(CBr)c(C)cc1OC(F)F. The maximum Gasteiger partial charge on any atom is 0.387 e. The fourth-order valence-electron chi connectivity index (χ4n) is 1.49. The Morgan fingerprint density at radius 2 is 2.06 bits per heavy atom. The van der Waals surface area contributed by atoms with Gasteiger partial charge < -0.3 is 9.47 Å². The number of ether oxygens (including phenoxy) is 2. The minimum absolute atomic E-state index is 0.0117. The number of aryl methyl sites for hydroxylation is 1. The van der Waals surface area contributed by atoms with E-state index in [-0.39, 0.29) is 12.2 Å². The Kier molecular flexibility index (Phi) is 5.53. The van der Waals surface area contributed by atoms with Crippen LogP contribution in [0.15, 0.2) is 12.1 Å². The summed E-state index contributed by atoms with van der Waals surface area (Å²) >= 11 is 3.30. The number of halogens is 3. The molecule has 6 heteroatoms. The maximum absolute atomic E-state index is 12.3. The third-order valence-corrected chi connectivity index (χ3v) is 3.05. The Labute approximate surface area is 112 Å². The second-order valence-electron chi connectivity index (χ2n) is 3.65. The number of esters is 1. The summed E-state index contributed by atoms with van der Waals surface area (Å²) in [7, 11) is 1.25. The van der Waals surface area contributed by atoms with Crippen LogP contribution in [0.1, 0.15) is 16.7 Å². The summed E-state index contributed by atoms with van der Waals surface area (Å²) in [5.74, 6) is -0.490. The number of alkyl halides is 3. The van der Waals surface area contributed by atoms with Crippen LogP contribution in [0.3, 0.4) is 0 Å². The minimum atomic E-state index is -2.92. The zero-order valence-electron chi connectivity index (χ0n) is 10.0. The zero-order valence-corrected chi connectivity index (χ0v) is 11.6. The highest BCUT2D eigenvalue weighted by Crippen LogP contribution is 2.27. The van der Waals surface area contributed by atoms with E-state index in [4.69, 9.17) is 0 Å². The van der Waals surface area contributed by atoms with Crippen LogP contribution in [0.4, 0.5) is 8.78 Å². The number of carbonyl (C=O) groups excluding carboxylic acids is 1. The third-order valence-electron chi connectivity index (χ3n) is 2.44. The maximum atomic E-state index is 12.3. The molecule has 0 bridgehead atoms. The molecule has 0 aromatic heterocycles. The Bertz CT molecular complexity index is 436. The van der Waals surface area contributed by atoms with Crippen molar-refractivity contribution in [2.45, 2.75) is 25.3 Å². The quantitative estimate of drug-likeness (QED) is 0.617. The van der Waals surface area contributed by atoms with Gasteiger partial charge in [0.05, 0.1) is 13.5 Å². The second kappa shape index (κ2) is 6.68. The molecule has 0 atom stereocenters. The van der Waals surface area contributed by atoms with E-state index in [0.717, 1.165) is 11.1 Å². The fraction of sp³-hybridized carbons (Fsp3) is 0.417. The van der Waals surface area contributed by atoms with Crippen LogP contribution in [0, 0.1) is 6.92 Å². The predicted molar refractivity (Wildman–Crippen MR) is 66.2 cm³/mol. The highest BCUT2D eigenvalue weighted by atomic mass is 79.9. The molecule has 18 heavy (non-hydrogen) atoms. The molecule has 3 nitrogen and oxygen atoms in total. The van der Waals surface area contributed by atoms with E-state index in [0.29, 0.717) is 10.9 Å². The van der Waals surface area contributed by atoms with Crippen molar-refractivity contribution in [3.63, 3.8) is 0 Å². The molecule has 0 fully saturated rings. The van der Waals surface area contributed by atoms with Crippen molar-refractivity contribution in [1.82, 2.24) is 0 Å². The lowest BCUT2D eigenvalue weighted by atomic mass is 10.0. The molecule has 1 rings (SSSR count). The molecule has 1 aromatic carbocycles. The highest BCUT2D eigenvalue weighted by Gasteiger charge is 2.15. The Balaban J connectivity index is 3.12. The van der Waals surface area contributed by atoms with E-state index in [1.165, 1.54) is 13.2 Å². The van der Waals surface area contributed by atoms with Gasteiger partial charge in [-0.1, -0.05) is 22.0 Å². The molecule has 100 valence electrons. The van der Waals surface area contributed by atoms with Crippen molar-refractivity contribution in [2.75, 3.05) is 7.11 Å². The van der Waals surface area contributed by atoms with Crippen molar-refractivity contribution in [2.24, 2.45) is 0 Å². The number of hydrogen-bond acceptors (Lipinski definition) is 3. The average molecular weight is 323 g/mol. The smallest absolute Gasteiger partial charge is 0.387 e. The molecule has 0 spiro atoms. The molecule has 0 amide bonds. The van der Waals surface area contributed by atoms with Gasteiger partial charge in [0.25, 0.3) is 0 Å². The van der Waals surface area contributed by atoms with Gasteiger partial charge in [-0.05, 0) is 24.1 Å². The minimum Gasteiger partial charge on any atom is -0.469 e. The van der Waals surface area contributed by atoms with E-state index in [2.05, 4.69) is 25.4 Å². The van der Waals surface area contributed by atoms with Crippen LogP contribution < -0.4 is 4.74 Å². The van der Waals surface area contributed by atoms with Crippen LogP contribution >= 0.6 is 15.9 Å². The highest BCUT2D eigenvalue weighted by molar-refractivity contribution is 9.08. The second-order valence-corrected chi connectivity index (χ2v) is 4.21. The summed E-state index contributed by atoms with van der Waals surface area (Å²) in [4.78, 5) is 11.2. The summed E-state index contributed by atoms with van der Waals surface area (Å²) in [6, 6.07) is 3.17. The van der Waals surface area contributed by atoms with E-state index >= 15 is 0 Å². The van der Waals surface area contributed by atoms with Crippen LogP contribution in [-0.4, -0.2) is 19.7 Å². The molecule has 0 saturated heterocycles. The molecule has 0 aliphatic carbocycles. The summed E-state index contributed by atoms with van der Waals surface area (Å²) in [5.41, 5.74) is 2.12.